The van der Waals surface area contributed by atoms with E-state index < -0.39 is 11.8 Å². The molecule has 2 aliphatic rings. The Morgan fingerprint density at radius 2 is 1.53 bits per heavy atom. The molecule has 200 valence electrons. The lowest BCUT2D eigenvalue weighted by atomic mass is 10.1. The van der Waals surface area contributed by atoms with Crippen molar-refractivity contribution in [1.29, 1.82) is 0 Å². The van der Waals surface area contributed by atoms with Gasteiger partial charge in [-0.05, 0) is 44.5 Å². The summed E-state index contributed by atoms with van der Waals surface area (Å²) in [5.41, 5.74) is 1.19. The minimum atomic E-state index is -0.461. The van der Waals surface area contributed by atoms with Crippen LogP contribution in [0.1, 0.15) is 18.4 Å². The van der Waals surface area contributed by atoms with E-state index in [2.05, 4.69) is 25.8 Å². The van der Waals surface area contributed by atoms with Crippen LogP contribution in [0.3, 0.4) is 0 Å². The van der Waals surface area contributed by atoms with Crippen molar-refractivity contribution in [2.24, 2.45) is 0 Å². The van der Waals surface area contributed by atoms with E-state index in [9.17, 15) is 14.4 Å². The summed E-state index contributed by atoms with van der Waals surface area (Å²) >= 11 is 0. The summed E-state index contributed by atoms with van der Waals surface area (Å²) in [6.45, 7) is 8.74. The fraction of sp³-hybridized carbons (Fsp3) is 0.654. The van der Waals surface area contributed by atoms with Gasteiger partial charge in [-0.25, -0.2) is 0 Å². The Labute approximate surface area is 214 Å². The zero-order chi connectivity index (χ0) is 25.4. The van der Waals surface area contributed by atoms with E-state index in [0.29, 0.717) is 32.8 Å². The normalized spacial score (nSPS) is 16.7. The maximum Gasteiger partial charge on any atom is 0.246 e. The van der Waals surface area contributed by atoms with Gasteiger partial charge in [-0.3, -0.25) is 24.6 Å². The van der Waals surface area contributed by atoms with Crippen LogP contribution in [0.15, 0.2) is 30.3 Å². The summed E-state index contributed by atoms with van der Waals surface area (Å²) in [7, 11) is 0. The second-order valence-corrected chi connectivity index (χ2v) is 9.38. The van der Waals surface area contributed by atoms with Crippen LogP contribution in [0.4, 0.5) is 0 Å². The number of nitrogens with one attached hydrogen (secondary N) is 3. The number of hydrogen-bond donors (Lipinski definition) is 3. The van der Waals surface area contributed by atoms with Crippen LogP contribution in [0.2, 0.25) is 0 Å². The Bertz CT molecular complexity index is 797. The first-order valence-corrected chi connectivity index (χ1v) is 13.2. The Morgan fingerprint density at radius 3 is 2.28 bits per heavy atom. The average Bonchev–Trinajstić information content (AvgIpc) is 3.42. The summed E-state index contributed by atoms with van der Waals surface area (Å²) in [5.74, 6) is -0.983. The second-order valence-electron chi connectivity index (χ2n) is 9.38. The standard InChI is InChI=1S/C26H42N6O4/c33-24(20-27-9-8-23-6-2-1-3-7-23)29-25(34)22-32(15-14-31-16-18-36-19-17-31)26(35)21-28-10-13-30-11-4-5-12-30/h1-3,6-7,27-28H,4-5,8-22H2,(H,29,33,34). The number of carbonyl (C=O) groups is 3. The van der Waals surface area contributed by atoms with Crippen molar-refractivity contribution in [3.8, 4) is 0 Å². The largest absolute Gasteiger partial charge is 0.379 e. The molecule has 3 amide bonds. The summed E-state index contributed by atoms with van der Waals surface area (Å²) in [4.78, 5) is 43.9. The third-order valence-corrected chi connectivity index (χ3v) is 6.55. The minimum absolute atomic E-state index is 0.0539. The van der Waals surface area contributed by atoms with Crippen LogP contribution < -0.4 is 16.0 Å². The summed E-state index contributed by atoms with van der Waals surface area (Å²) in [6, 6.07) is 10.0. The van der Waals surface area contributed by atoms with Gasteiger partial charge in [0.05, 0.1) is 26.3 Å². The van der Waals surface area contributed by atoms with E-state index in [-0.39, 0.29) is 25.5 Å². The minimum Gasteiger partial charge on any atom is -0.379 e. The number of benzene rings is 1. The van der Waals surface area contributed by atoms with Gasteiger partial charge >= 0.3 is 0 Å². The molecule has 0 bridgehead atoms. The lowest BCUT2D eigenvalue weighted by Crippen LogP contribution is -2.50. The van der Waals surface area contributed by atoms with Crippen molar-refractivity contribution >= 4 is 17.7 Å². The van der Waals surface area contributed by atoms with E-state index in [0.717, 1.165) is 45.7 Å². The van der Waals surface area contributed by atoms with Gasteiger partial charge in [0.2, 0.25) is 17.7 Å². The molecule has 0 unspecified atom stereocenters. The van der Waals surface area contributed by atoms with Gasteiger partial charge in [-0.2, -0.15) is 0 Å². The maximum atomic E-state index is 12.9. The lowest BCUT2D eigenvalue weighted by molar-refractivity contribution is -0.138. The second kappa shape index (κ2) is 16.4. The highest BCUT2D eigenvalue weighted by molar-refractivity contribution is 5.98. The highest BCUT2D eigenvalue weighted by atomic mass is 16.5. The highest BCUT2D eigenvalue weighted by Gasteiger charge is 2.20. The number of rotatable bonds is 15. The molecule has 0 atom stereocenters. The molecule has 2 heterocycles. The van der Waals surface area contributed by atoms with Gasteiger partial charge in [0, 0.05) is 39.3 Å². The molecule has 10 heteroatoms. The maximum absolute atomic E-state index is 12.9. The molecule has 10 nitrogen and oxygen atoms in total. The van der Waals surface area contributed by atoms with E-state index >= 15 is 0 Å². The Kier molecular flexibility index (Phi) is 12.8. The first-order valence-electron chi connectivity index (χ1n) is 13.2. The van der Waals surface area contributed by atoms with Crippen LogP contribution >= 0.6 is 0 Å². The van der Waals surface area contributed by atoms with Crippen molar-refractivity contribution in [2.75, 3.05) is 91.8 Å². The topological polar surface area (TPSA) is 106 Å². The Morgan fingerprint density at radius 1 is 0.833 bits per heavy atom. The SMILES string of the molecule is O=C(CNCCc1ccccc1)NC(=O)CN(CCN1CCOCC1)C(=O)CNCCN1CCCC1. The number of carbonyl (C=O) groups excluding carboxylic acids is 3. The van der Waals surface area contributed by atoms with Crippen molar-refractivity contribution in [1.82, 2.24) is 30.7 Å². The van der Waals surface area contributed by atoms with Crippen molar-refractivity contribution in [2.45, 2.75) is 19.3 Å². The van der Waals surface area contributed by atoms with E-state index in [1.165, 1.54) is 18.4 Å². The average molecular weight is 503 g/mol. The first kappa shape index (κ1) is 28.2. The van der Waals surface area contributed by atoms with E-state index in [1.807, 2.05) is 30.3 Å². The van der Waals surface area contributed by atoms with Crippen LogP contribution in [0.5, 0.6) is 0 Å². The number of likely N-dealkylation sites (tertiary alicyclic amines) is 1. The molecular weight excluding hydrogens is 460 g/mol. The van der Waals surface area contributed by atoms with Crippen molar-refractivity contribution in [3.05, 3.63) is 35.9 Å². The Hall–Kier alpha value is -2.37. The van der Waals surface area contributed by atoms with Crippen molar-refractivity contribution < 1.29 is 19.1 Å². The molecular formula is C26H42N6O4. The molecule has 0 saturated carbocycles. The quantitative estimate of drug-likeness (QED) is 0.271. The van der Waals surface area contributed by atoms with Gasteiger partial charge in [-0.15, -0.1) is 0 Å². The summed E-state index contributed by atoms with van der Waals surface area (Å²) in [6.07, 6.45) is 3.28. The predicted molar refractivity (Wildman–Crippen MR) is 139 cm³/mol. The van der Waals surface area contributed by atoms with Crippen LogP contribution in [-0.2, 0) is 25.5 Å². The lowest BCUT2D eigenvalue weighted by Gasteiger charge is -2.30. The Balaban J connectivity index is 1.38. The van der Waals surface area contributed by atoms with Crippen LogP contribution in [0.25, 0.3) is 0 Å². The molecule has 3 rings (SSSR count). The van der Waals surface area contributed by atoms with Gasteiger partial charge < -0.3 is 25.2 Å². The van der Waals surface area contributed by atoms with Gasteiger partial charge in [-0.1, -0.05) is 30.3 Å². The first-order chi connectivity index (χ1) is 17.6. The molecule has 0 aliphatic carbocycles. The third-order valence-electron chi connectivity index (χ3n) is 6.55. The predicted octanol–water partition coefficient (Wildman–Crippen LogP) is -0.692. The molecule has 0 radical (unpaired) electrons. The fourth-order valence-corrected chi connectivity index (χ4v) is 4.42. The van der Waals surface area contributed by atoms with Crippen LogP contribution in [0, 0.1) is 0 Å². The summed E-state index contributed by atoms with van der Waals surface area (Å²) < 4.78 is 5.39. The zero-order valence-electron chi connectivity index (χ0n) is 21.4. The molecule has 36 heavy (non-hydrogen) atoms. The number of imide groups is 1. The summed E-state index contributed by atoms with van der Waals surface area (Å²) in [5, 5.41) is 8.69. The molecule has 2 saturated heterocycles. The number of morpholine rings is 1. The monoisotopic (exact) mass is 502 g/mol. The molecule has 1 aromatic carbocycles. The van der Waals surface area contributed by atoms with Gasteiger partial charge in [0.25, 0.3) is 0 Å². The zero-order valence-corrected chi connectivity index (χ0v) is 21.4. The highest BCUT2D eigenvalue weighted by Crippen LogP contribution is 2.05. The van der Waals surface area contributed by atoms with Crippen molar-refractivity contribution in [3.63, 3.8) is 0 Å². The molecule has 1 aromatic rings. The molecule has 0 spiro atoms. The number of ether oxygens (including phenoxy) is 1. The number of nitrogens with zero attached hydrogens (tertiary/aromatic N) is 3. The van der Waals surface area contributed by atoms with E-state index in [1.54, 1.807) is 4.90 Å². The molecule has 2 aliphatic heterocycles. The molecule has 2 fully saturated rings. The smallest absolute Gasteiger partial charge is 0.246 e. The fourth-order valence-electron chi connectivity index (χ4n) is 4.42. The van der Waals surface area contributed by atoms with Gasteiger partial charge in [0.15, 0.2) is 0 Å². The van der Waals surface area contributed by atoms with E-state index in [4.69, 9.17) is 4.74 Å². The third kappa shape index (κ3) is 11.1. The van der Waals surface area contributed by atoms with Gasteiger partial charge in [0.1, 0.15) is 6.54 Å². The van der Waals surface area contributed by atoms with Crippen LogP contribution in [-0.4, -0.2) is 124 Å². The molecule has 3 N–H and O–H groups in total. The molecule has 0 aromatic heterocycles. The number of hydrogen-bond acceptors (Lipinski definition) is 8. The number of amides is 3.